The van der Waals surface area contributed by atoms with Gasteiger partial charge in [0, 0.05) is 12.0 Å². The van der Waals surface area contributed by atoms with Crippen molar-refractivity contribution in [1.82, 2.24) is 5.32 Å². The molecule has 0 aliphatic carbocycles. The third-order valence-electron chi connectivity index (χ3n) is 2.97. The largest absolute Gasteiger partial charge is 0.364 e. The SMILES string of the molecule is CCCc1sc(C(=O)NCOC)cc1-c1ccccc1. The van der Waals surface area contributed by atoms with Gasteiger partial charge in [-0.25, -0.2) is 0 Å². The van der Waals surface area contributed by atoms with Crippen molar-refractivity contribution in [1.29, 1.82) is 0 Å². The number of hydrogen-bond donors (Lipinski definition) is 1. The van der Waals surface area contributed by atoms with Crippen LogP contribution in [0.4, 0.5) is 0 Å². The van der Waals surface area contributed by atoms with Gasteiger partial charge < -0.3 is 10.1 Å². The fraction of sp³-hybridized carbons (Fsp3) is 0.312. The molecule has 106 valence electrons. The first-order valence-electron chi connectivity index (χ1n) is 6.71. The Kier molecular flexibility index (Phi) is 5.32. The Bertz CT molecular complexity index is 563. The molecule has 1 aromatic heterocycles. The van der Waals surface area contributed by atoms with Gasteiger partial charge in [0.1, 0.15) is 6.73 Å². The summed E-state index contributed by atoms with van der Waals surface area (Å²) in [6, 6.07) is 12.2. The van der Waals surface area contributed by atoms with Crippen molar-refractivity contribution < 1.29 is 9.53 Å². The van der Waals surface area contributed by atoms with Crippen LogP contribution in [0.2, 0.25) is 0 Å². The molecule has 1 N–H and O–H groups in total. The molecule has 0 radical (unpaired) electrons. The molecular weight excluding hydrogens is 270 g/mol. The molecule has 0 atom stereocenters. The first-order chi connectivity index (χ1) is 9.76. The molecule has 4 heteroatoms. The molecule has 0 bridgehead atoms. The Morgan fingerprint density at radius 2 is 2.05 bits per heavy atom. The van der Waals surface area contributed by atoms with E-state index in [0.29, 0.717) is 0 Å². The van der Waals surface area contributed by atoms with Crippen molar-refractivity contribution in [3.05, 3.63) is 46.2 Å². The summed E-state index contributed by atoms with van der Waals surface area (Å²) in [5, 5.41) is 2.73. The lowest BCUT2D eigenvalue weighted by Gasteiger charge is -2.01. The van der Waals surface area contributed by atoms with E-state index in [9.17, 15) is 4.79 Å². The predicted octanol–water partition coefficient (Wildman–Crippen LogP) is 3.70. The van der Waals surface area contributed by atoms with E-state index in [1.54, 1.807) is 18.4 Å². The number of thiophene rings is 1. The number of benzene rings is 1. The second kappa shape index (κ2) is 7.22. The van der Waals surface area contributed by atoms with E-state index in [1.807, 2.05) is 24.3 Å². The Morgan fingerprint density at radius 1 is 1.30 bits per heavy atom. The van der Waals surface area contributed by atoms with E-state index in [4.69, 9.17) is 4.74 Å². The van der Waals surface area contributed by atoms with Gasteiger partial charge in [-0.2, -0.15) is 0 Å². The summed E-state index contributed by atoms with van der Waals surface area (Å²) in [5.41, 5.74) is 2.33. The standard InChI is InChI=1S/C16H19NO2S/c1-3-7-14-13(12-8-5-4-6-9-12)10-15(20-14)16(18)17-11-19-2/h4-6,8-10H,3,7,11H2,1-2H3,(H,17,18). The zero-order valence-corrected chi connectivity index (χ0v) is 12.6. The quantitative estimate of drug-likeness (QED) is 0.823. The van der Waals surface area contributed by atoms with Gasteiger partial charge in [-0.15, -0.1) is 11.3 Å². The zero-order valence-electron chi connectivity index (χ0n) is 11.8. The van der Waals surface area contributed by atoms with Crippen molar-refractivity contribution in [3.63, 3.8) is 0 Å². The summed E-state index contributed by atoms with van der Waals surface area (Å²) in [7, 11) is 1.56. The normalized spacial score (nSPS) is 10.5. The summed E-state index contributed by atoms with van der Waals surface area (Å²) in [4.78, 5) is 14.0. The first kappa shape index (κ1) is 14.8. The van der Waals surface area contributed by atoms with Gasteiger partial charge >= 0.3 is 0 Å². The van der Waals surface area contributed by atoms with Crippen LogP contribution in [0, 0.1) is 0 Å². The summed E-state index contributed by atoms with van der Waals surface area (Å²) >= 11 is 1.57. The molecule has 2 rings (SSSR count). The molecule has 0 saturated carbocycles. The van der Waals surface area contributed by atoms with Crippen molar-refractivity contribution in [2.75, 3.05) is 13.8 Å². The highest BCUT2D eigenvalue weighted by Crippen LogP contribution is 2.32. The maximum Gasteiger partial charge on any atom is 0.263 e. The van der Waals surface area contributed by atoms with Gasteiger partial charge in [0.15, 0.2) is 0 Å². The van der Waals surface area contributed by atoms with E-state index in [-0.39, 0.29) is 12.6 Å². The van der Waals surface area contributed by atoms with Crippen LogP contribution in [0.3, 0.4) is 0 Å². The number of amides is 1. The van der Waals surface area contributed by atoms with Gasteiger partial charge in [0.05, 0.1) is 4.88 Å². The molecule has 0 aliphatic rings. The number of methoxy groups -OCH3 is 1. The average molecular weight is 289 g/mol. The number of ether oxygens (including phenoxy) is 1. The number of aryl methyl sites for hydroxylation is 1. The van der Waals surface area contributed by atoms with E-state index in [2.05, 4.69) is 24.4 Å². The van der Waals surface area contributed by atoms with Gasteiger partial charge in [-0.05, 0) is 23.6 Å². The highest BCUT2D eigenvalue weighted by molar-refractivity contribution is 7.14. The Balaban J connectivity index is 2.31. The third kappa shape index (κ3) is 3.46. The molecular formula is C16H19NO2S. The smallest absolute Gasteiger partial charge is 0.263 e. The van der Waals surface area contributed by atoms with Crippen LogP contribution in [-0.4, -0.2) is 19.7 Å². The molecule has 0 aliphatic heterocycles. The number of nitrogens with one attached hydrogen (secondary N) is 1. The maximum atomic E-state index is 12.0. The van der Waals surface area contributed by atoms with Crippen molar-refractivity contribution in [3.8, 4) is 11.1 Å². The highest BCUT2D eigenvalue weighted by Gasteiger charge is 2.15. The average Bonchev–Trinajstić information content (AvgIpc) is 2.90. The molecule has 0 fully saturated rings. The van der Waals surface area contributed by atoms with Crippen molar-refractivity contribution in [2.45, 2.75) is 19.8 Å². The van der Waals surface area contributed by atoms with Gasteiger partial charge in [-0.1, -0.05) is 43.7 Å². The van der Waals surface area contributed by atoms with Crippen LogP contribution < -0.4 is 5.32 Å². The third-order valence-corrected chi connectivity index (χ3v) is 4.17. The molecule has 0 spiro atoms. The minimum atomic E-state index is -0.0728. The Morgan fingerprint density at radius 3 is 2.70 bits per heavy atom. The van der Waals surface area contributed by atoms with Gasteiger partial charge in [0.2, 0.25) is 0 Å². The summed E-state index contributed by atoms with van der Waals surface area (Å²) in [6.45, 7) is 2.39. The number of hydrogen-bond acceptors (Lipinski definition) is 3. The predicted molar refractivity (Wildman–Crippen MR) is 83.1 cm³/mol. The molecule has 2 aromatic rings. The first-order valence-corrected chi connectivity index (χ1v) is 7.53. The lowest BCUT2D eigenvalue weighted by atomic mass is 10.0. The van der Waals surface area contributed by atoms with Crippen LogP contribution in [0.15, 0.2) is 36.4 Å². The molecule has 1 heterocycles. The number of carbonyl (C=O) groups is 1. The number of carbonyl (C=O) groups excluding carboxylic acids is 1. The molecule has 3 nitrogen and oxygen atoms in total. The van der Waals surface area contributed by atoms with E-state index < -0.39 is 0 Å². The Hall–Kier alpha value is -1.65. The van der Waals surface area contributed by atoms with Crippen LogP contribution >= 0.6 is 11.3 Å². The second-order valence-corrected chi connectivity index (χ2v) is 5.64. The molecule has 1 amide bonds. The van der Waals surface area contributed by atoms with Crippen molar-refractivity contribution >= 4 is 17.2 Å². The molecule has 20 heavy (non-hydrogen) atoms. The number of rotatable bonds is 6. The van der Waals surface area contributed by atoms with Gasteiger partial charge in [0.25, 0.3) is 5.91 Å². The monoisotopic (exact) mass is 289 g/mol. The summed E-state index contributed by atoms with van der Waals surface area (Å²) in [5.74, 6) is -0.0728. The van der Waals surface area contributed by atoms with Gasteiger partial charge in [-0.3, -0.25) is 4.79 Å². The fourth-order valence-electron chi connectivity index (χ4n) is 2.04. The zero-order chi connectivity index (χ0) is 14.4. The minimum absolute atomic E-state index is 0.0728. The lowest BCUT2D eigenvalue weighted by Crippen LogP contribution is -2.24. The van der Waals surface area contributed by atoms with E-state index in [0.717, 1.165) is 23.3 Å². The van der Waals surface area contributed by atoms with Crippen LogP contribution in [0.5, 0.6) is 0 Å². The lowest BCUT2D eigenvalue weighted by molar-refractivity contribution is 0.0876. The molecule has 0 saturated heterocycles. The highest BCUT2D eigenvalue weighted by atomic mass is 32.1. The minimum Gasteiger partial charge on any atom is -0.364 e. The summed E-state index contributed by atoms with van der Waals surface area (Å²) < 4.78 is 4.88. The second-order valence-electron chi connectivity index (χ2n) is 4.50. The van der Waals surface area contributed by atoms with Crippen molar-refractivity contribution in [2.24, 2.45) is 0 Å². The summed E-state index contributed by atoms with van der Waals surface area (Å²) in [6.07, 6.45) is 2.06. The molecule has 0 unspecified atom stereocenters. The van der Waals surface area contributed by atoms with Crippen LogP contribution in [0.1, 0.15) is 27.9 Å². The fourth-order valence-corrected chi connectivity index (χ4v) is 3.24. The van der Waals surface area contributed by atoms with Crippen LogP contribution in [0.25, 0.3) is 11.1 Å². The molecule has 1 aromatic carbocycles. The maximum absolute atomic E-state index is 12.0. The van der Waals surface area contributed by atoms with E-state index in [1.165, 1.54) is 10.4 Å². The van der Waals surface area contributed by atoms with Crippen LogP contribution in [-0.2, 0) is 11.2 Å². The topological polar surface area (TPSA) is 38.3 Å². The van der Waals surface area contributed by atoms with E-state index >= 15 is 0 Å². The Labute approximate surface area is 123 Å².